The summed E-state index contributed by atoms with van der Waals surface area (Å²) in [7, 11) is -0.928. The van der Waals surface area contributed by atoms with Crippen molar-refractivity contribution in [3.8, 4) is 0 Å². The summed E-state index contributed by atoms with van der Waals surface area (Å²) in [5, 5.41) is 0. The van der Waals surface area contributed by atoms with E-state index in [1.165, 1.54) is 218 Å². The Morgan fingerprint density at radius 2 is 0.429 bits per heavy atom. The lowest BCUT2D eigenvalue weighted by atomic mass is 10.1. The molecule has 0 aromatic carbocycles. The second-order valence-corrected chi connectivity index (χ2v) is 23.5. The van der Waals surface area contributed by atoms with E-state index in [2.05, 4.69) is 83.1 Å². The second kappa shape index (κ2) is 50.8. The fourth-order valence-electron chi connectivity index (χ4n) is 7.28. The van der Waals surface area contributed by atoms with Gasteiger partial charge in [-0.25, -0.2) is 4.57 Å². The average Bonchev–Trinajstić information content (AvgIpc) is 3.18. The molecule has 8 heteroatoms. The van der Waals surface area contributed by atoms with E-state index in [4.69, 9.17) is 19.2 Å². The molecule has 0 radical (unpaired) electrons. The van der Waals surface area contributed by atoms with Crippen molar-refractivity contribution in [2.45, 2.75) is 310 Å². The summed E-state index contributed by atoms with van der Waals surface area (Å²) in [6, 6.07) is 0. The molecule has 0 aliphatic heterocycles. The van der Waals surface area contributed by atoms with Crippen molar-refractivity contribution in [3.63, 3.8) is 0 Å². The van der Waals surface area contributed by atoms with Crippen LogP contribution in [0.4, 0.5) is 0 Å². The molecule has 0 bridgehead atoms. The highest BCUT2D eigenvalue weighted by molar-refractivity contribution is 7.45. The molecule has 0 aromatic heterocycles. The molecule has 6 unspecified atom stereocenters. The van der Waals surface area contributed by atoms with Crippen LogP contribution in [-0.2, 0) is 4.57 Å². The van der Waals surface area contributed by atoms with Crippen LogP contribution in [0.5, 0.6) is 0 Å². The Hall–Kier alpha value is 1.40. The van der Waals surface area contributed by atoms with Gasteiger partial charge in [0.05, 0.1) is 0 Å². The number of hydrogen-bond donors (Lipinski definition) is 3. The zero-order valence-electron chi connectivity index (χ0n) is 40.4. The number of rotatable bonds is 36. The molecular weight excluding hydrogens is 764 g/mol. The maximum Gasteiger partial charge on any atom is 0.466 e. The normalized spacial score (nSPS) is 15.2. The largest absolute Gasteiger partial charge is 0.466 e. The first-order valence-corrected chi connectivity index (χ1v) is 29.9. The van der Waals surface area contributed by atoms with E-state index >= 15 is 0 Å². The lowest BCUT2D eigenvalue weighted by Crippen LogP contribution is -2.07. The van der Waals surface area contributed by atoms with E-state index in [0.717, 1.165) is 34.0 Å². The van der Waals surface area contributed by atoms with Gasteiger partial charge in [-0.1, -0.05) is 199 Å². The lowest BCUT2D eigenvalue weighted by molar-refractivity contribution is 0.275. The molecular formula is C48H108O4P4. The van der Waals surface area contributed by atoms with Gasteiger partial charge in [-0.05, 0) is 111 Å². The Morgan fingerprint density at radius 3 is 0.518 bits per heavy atom. The van der Waals surface area contributed by atoms with Crippen molar-refractivity contribution >= 4 is 33.6 Å². The zero-order valence-corrected chi connectivity index (χ0v) is 44.3. The maximum atomic E-state index is 8.88. The summed E-state index contributed by atoms with van der Waals surface area (Å²) in [6.45, 7) is 28.2. The van der Waals surface area contributed by atoms with Crippen LogP contribution in [0.25, 0.3) is 0 Å². The first-order valence-electron chi connectivity index (χ1n) is 24.9. The topological polar surface area (TPSA) is 77.8 Å². The van der Waals surface area contributed by atoms with Crippen molar-refractivity contribution in [2.24, 2.45) is 0 Å². The predicted octanol–water partition coefficient (Wildman–Crippen LogP) is 18.2. The van der Waals surface area contributed by atoms with Crippen LogP contribution in [0.15, 0.2) is 0 Å². The third-order valence-electron chi connectivity index (χ3n) is 11.3. The molecule has 0 heterocycles. The fourth-order valence-corrected chi connectivity index (χ4v) is 12.9. The van der Waals surface area contributed by atoms with E-state index < -0.39 is 7.82 Å². The van der Waals surface area contributed by atoms with Crippen LogP contribution >= 0.6 is 33.6 Å². The minimum Gasteiger partial charge on any atom is -0.303 e. The summed E-state index contributed by atoms with van der Waals surface area (Å²) < 4.78 is 8.88. The second-order valence-electron chi connectivity index (χ2n) is 16.6. The molecule has 0 rings (SSSR count). The van der Waals surface area contributed by atoms with Gasteiger partial charge in [-0.15, -0.1) is 25.7 Å². The van der Waals surface area contributed by atoms with Gasteiger partial charge in [0.2, 0.25) is 0 Å². The van der Waals surface area contributed by atoms with E-state index in [1.54, 1.807) is 0 Å². The zero-order chi connectivity index (χ0) is 43.3. The summed E-state index contributed by atoms with van der Waals surface area (Å²) >= 11 is 0. The van der Waals surface area contributed by atoms with Crippen molar-refractivity contribution in [1.82, 2.24) is 0 Å². The molecule has 0 amide bonds. The maximum absolute atomic E-state index is 8.88. The molecule has 0 spiro atoms. The fraction of sp³-hybridized carbons (Fsp3) is 1.00. The number of unbranched alkanes of at least 4 members (excludes halogenated alkanes) is 12. The summed E-state index contributed by atoms with van der Waals surface area (Å²) in [5.74, 6) is 0. The van der Waals surface area contributed by atoms with Crippen molar-refractivity contribution in [2.75, 3.05) is 0 Å². The van der Waals surface area contributed by atoms with E-state index in [1.807, 2.05) is 0 Å². The minimum atomic E-state index is -4.64. The standard InChI is InChI=1S/3C16H35P.H3O4P/c3*1-5-9-11-13-15(7-3)17-16(8-4)14-12-10-6-2;1-5(2,3)4/h3*15-17H,5-14H2,1-4H3;(H3,1,2,3,4). The van der Waals surface area contributed by atoms with Gasteiger partial charge in [0.1, 0.15) is 0 Å². The van der Waals surface area contributed by atoms with Gasteiger partial charge in [0.25, 0.3) is 0 Å². The van der Waals surface area contributed by atoms with Crippen LogP contribution in [0.3, 0.4) is 0 Å². The van der Waals surface area contributed by atoms with Crippen LogP contribution in [-0.4, -0.2) is 48.6 Å². The summed E-state index contributed by atoms with van der Waals surface area (Å²) in [5.41, 5.74) is 6.21. The highest BCUT2D eigenvalue weighted by atomic mass is 31.2. The third kappa shape index (κ3) is 53.4. The van der Waals surface area contributed by atoms with Crippen LogP contribution in [0.2, 0.25) is 0 Å². The highest BCUT2D eigenvalue weighted by Crippen LogP contribution is 2.38. The Labute approximate surface area is 361 Å². The Bertz CT molecular complexity index is 616. The molecule has 6 atom stereocenters. The number of phosphoric acid groups is 1. The Morgan fingerprint density at radius 1 is 0.304 bits per heavy atom. The lowest BCUT2D eigenvalue weighted by Gasteiger charge is -2.22. The first-order chi connectivity index (χ1) is 26.8. The third-order valence-corrected chi connectivity index (χ3v) is 18.3. The quantitative estimate of drug-likeness (QED) is 0.0433. The average molecular weight is 873 g/mol. The van der Waals surface area contributed by atoms with E-state index in [0.29, 0.717) is 0 Å². The van der Waals surface area contributed by atoms with Crippen LogP contribution in [0.1, 0.15) is 276 Å². The van der Waals surface area contributed by atoms with Gasteiger partial charge >= 0.3 is 7.82 Å². The molecule has 0 aliphatic rings. The SMILES string of the molecule is CCCCCC(CC)PC(CC)CCCCC.CCCCCC(CC)PC(CC)CCCCC.CCCCCC(CC)PC(CC)CCCCC.O=P(O)(O)O. The first kappa shape index (κ1) is 64.0. The smallest absolute Gasteiger partial charge is 0.303 e. The molecule has 344 valence electrons. The van der Waals surface area contributed by atoms with Crippen molar-refractivity contribution in [1.29, 1.82) is 0 Å². The van der Waals surface area contributed by atoms with Gasteiger partial charge in [-0.2, -0.15) is 0 Å². The molecule has 0 aromatic rings. The van der Waals surface area contributed by atoms with Gasteiger partial charge in [-0.3, -0.25) is 0 Å². The summed E-state index contributed by atoms with van der Waals surface area (Å²) in [6.07, 6.45) is 43.0. The predicted molar refractivity (Wildman–Crippen MR) is 269 cm³/mol. The van der Waals surface area contributed by atoms with E-state index in [-0.39, 0.29) is 0 Å². The van der Waals surface area contributed by atoms with Crippen LogP contribution < -0.4 is 0 Å². The molecule has 0 saturated heterocycles. The van der Waals surface area contributed by atoms with Gasteiger partial charge in [0, 0.05) is 0 Å². The van der Waals surface area contributed by atoms with Crippen molar-refractivity contribution < 1.29 is 19.2 Å². The molecule has 56 heavy (non-hydrogen) atoms. The number of hydrogen-bond acceptors (Lipinski definition) is 1. The van der Waals surface area contributed by atoms with Crippen LogP contribution in [0, 0.1) is 0 Å². The monoisotopic (exact) mass is 873 g/mol. The summed E-state index contributed by atoms with van der Waals surface area (Å²) in [4.78, 5) is 21.6. The molecule has 3 N–H and O–H groups in total. The van der Waals surface area contributed by atoms with Gasteiger partial charge in [0.15, 0.2) is 0 Å². The molecule has 0 aliphatic carbocycles. The van der Waals surface area contributed by atoms with Crippen molar-refractivity contribution in [3.05, 3.63) is 0 Å². The minimum absolute atomic E-state index is 1.04. The highest BCUT2D eigenvalue weighted by Gasteiger charge is 2.15. The molecule has 0 fully saturated rings. The van der Waals surface area contributed by atoms with Gasteiger partial charge < -0.3 is 14.7 Å². The molecule has 0 saturated carbocycles. The Balaban J connectivity index is -0.000000340. The Kier molecular flexibility index (Phi) is 58.0. The van der Waals surface area contributed by atoms with E-state index in [9.17, 15) is 0 Å². The molecule has 4 nitrogen and oxygen atoms in total.